The van der Waals surface area contributed by atoms with Crippen LogP contribution in [0.15, 0.2) is 0 Å². The SMILES string of the molecule is O=C(O)N1CCC(CS(=O)[O-])CC1. The lowest BCUT2D eigenvalue weighted by Crippen LogP contribution is -2.38. The molecule has 1 N–H and O–H groups in total. The summed E-state index contributed by atoms with van der Waals surface area (Å²) in [7, 11) is 0. The van der Waals surface area contributed by atoms with Crippen LogP contribution in [-0.4, -0.2) is 43.7 Å². The Kier molecular flexibility index (Phi) is 3.68. The molecule has 0 bridgehead atoms. The van der Waals surface area contributed by atoms with Gasteiger partial charge in [0.05, 0.1) is 0 Å². The van der Waals surface area contributed by atoms with Crippen LogP contribution in [0.25, 0.3) is 0 Å². The van der Waals surface area contributed by atoms with Crippen LogP contribution in [0.3, 0.4) is 0 Å². The van der Waals surface area contributed by atoms with Crippen molar-refractivity contribution in [2.24, 2.45) is 5.92 Å². The van der Waals surface area contributed by atoms with Crippen molar-refractivity contribution in [3.05, 3.63) is 0 Å². The molecule has 0 spiro atoms. The summed E-state index contributed by atoms with van der Waals surface area (Å²) in [5.41, 5.74) is 0. The standard InChI is InChI=1S/C7H13NO4S/c9-7(10)8-3-1-6(2-4-8)5-13(11)12/h6H,1-5H2,(H,9,10)(H,11,12)/p-1. The first-order valence-electron chi connectivity index (χ1n) is 4.13. The first-order chi connectivity index (χ1) is 6.09. The fraction of sp³-hybridized carbons (Fsp3) is 0.857. The monoisotopic (exact) mass is 206 g/mol. The molecular weight excluding hydrogens is 194 g/mol. The molecular formula is C7H12NO4S-. The number of piperidine rings is 1. The summed E-state index contributed by atoms with van der Waals surface area (Å²) in [6.45, 7) is 0.911. The van der Waals surface area contributed by atoms with E-state index < -0.39 is 17.2 Å². The first-order valence-corrected chi connectivity index (χ1v) is 5.37. The Morgan fingerprint density at radius 2 is 2.08 bits per heavy atom. The Morgan fingerprint density at radius 3 is 2.46 bits per heavy atom. The molecule has 1 atom stereocenters. The van der Waals surface area contributed by atoms with Crippen molar-refractivity contribution in [1.82, 2.24) is 4.90 Å². The van der Waals surface area contributed by atoms with Crippen LogP contribution in [0.5, 0.6) is 0 Å². The second-order valence-corrected chi connectivity index (χ2v) is 4.12. The number of nitrogens with zero attached hydrogens (tertiary/aromatic N) is 1. The summed E-state index contributed by atoms with van der Waals surface area (Å²) in [4.78, 5) is 11.8. The van der Waals surface area contributed by atoms with E-state index in [-0.39, 0.29) is 11.7 Å². The Hall–Kier alpha value is -0.620. The van der Waals surface area contributed by atoms with Crippen LogP contribution >= 0.6 is 0 Å². The lowest BCUT2D eigenvalue weighted by atomic mass is 9.99. The molecule has 0 aromatic heterocycles. The molecule has 5 nitrogen and oxygen atoms in total. The third kappa shape index (κ3) is 3.31. The van der Waals surface area contributed by atoms with Gasteiger partial charge in [-0.1, -0.05) is 11.1 Å². The first kappa shape index (κ1) is 10.5. The summed E-state index contributed by atoms with van der Waals surface area (Å²) in [5.74, 6) is 0.293. The Bertz CT molecular complexity index is 213. The van der Waals surface area contributed by atoms with E-state index in [2.05, 4.69) is 0 Å². The zero-order valence-corrected chi connectivity index (χ0v) is 7.96. The third-order valence-electron chi connectivity index (χ3n) is 2.26. The largest absolute Gasteiger partial charge is 0.772 e. The number of rotatable bonds is 2. The maximum Gasteiger partial charge on any atom is 0.407 e. The normalized spacial score (nSPS) is 21.5. The number of hydrogen-bond acceptors (Lipinski definition) is 3. The van der Waals surface area contributed by atoms with Gasteiger partial charge in [0.2, 0.25) is 0 Å². The summed E-state index contributed by atoms with van der Waals surface area (Å²) >= 11 is -2.00. The number of likely N-dealkylation sites (tertiary alicyclic amines) is 1. The highest BCUT2D eigenvalue weighted by Crippen LogP contribution is 2.17. The average Bonchev–Trinajstić information content (AvgIpc) is 2.04. The predicted molar refractivity (Wildman–Crippen MR) is 46.1 cm³/mol. The minimum atomic E-state index is -2.00. The second kappa shape index (κ2) is 4.57. The van der Waals surface area contributed by atoms with Crippen molar-refractivity contribution < 1.29 is 18.7 Å². The minimum Gasteiger partial charge on any atom is -0.772 e. The second-order valence-electron chi connectivity index (χ2n) is 3.18. The smallest absolute Gasteiger partial charge is 0.407 e. The fourth-order valence-electron chi connectivity index (χ4n) is 1.48. The Labute approximate surface area is 79.0 Å². The zero-order chi connectivity index (χ0) is 9.84. The van der Waals surface area contributed by atoms with Crippen molar-refractivity contribution in [2.45, 2.75) is 12.8 Å². The highest BCUT2D eigenvalue weighted by Gasteiger charge is 2.21. The number of amides is 1. The van der Waals surface area contributed by atoms with Gasteiger partial charge in [0.1, 0.15) is 0 Å². The van der Waals surface area contributed by atoms with Gasteiger partial charge < -0.3 is 14.6 Å². The van der Waals surface area contributed by atoms with Gasteiger partial charge in [0, 0.05) is 18.8 Å². The van der Waals surface area contributed by atoms with Gasteiger partial charge in [-0.25, -0.2) is 4.79 Å². The molecule has 1 aliphatic rings. The van der Waals surface area contributed by atoms with Gasteiger partial charge in [0.15, 0.2) is 0 Å². The number of hydrogen-bond donors (Lipinski definition) is 1. The molecule has 1 fully saturated rings. The molecule has 0 saturated carbocycles. The minimum absolute atomic E-state index is 0.133. The molecule has 0 aromatic carbocycles. The molecule has 1 heterocycles. The quantitative estimate of drug-likeness (QED) is 0.657. The molecule has 1 rings (SSSR count). The van der Waals surface area contributed by atoms with E-state index in [1.807, 2.05) is 0 Å². The van der Waals surface area contributed by atoms with Gasteiger partial charge in [-0.2, -0.15) is 0 Å². The molecule has 6 heteroatoms. The highest BCUT2D eigenvalue weighted by atomic mass is 32.2. The van der Waals surface area contributed by atoms with E-state index in [0.717, 1.165) is 0 Å². The van der Waals surface area contributed by atoms with Gasteiger partial charge >= 0.3 is 6.09 Å². The summed E-state index contributed by atoms with van der Waals surface area (Å²) in [6.07, 6.45) is 0.391. The number of carbonyl (C=O) groups is 1. The van der Waals surface area contributed by atoms with E-state index in [1.165, 1.54) is 4.90 Å². The van der Waals surface area contributed by atoms with Crippen molar-refractivity contribution in [3.8, 4) is 0 Å². The summed E-state index contributed by atoms with van der Waals surface area (Å²) in [5, 5.41) is 8.61. The molecule has 0 aromatic rings. The molecule has 0 radical (unpaired) electrons. The van der Waals surface area contributed by atoms with Gasteiger partial charge in [-0.15, -0.1) is 0 Å². The Morgan fingerprint density at radius 1 is 1.54 bits per heavy atom. The average molecular weight is 206 g/mol. The van der Waals surface area contributed by atoms with Crippen molar-refractivity contribution in [2.75, 3.05) is 18.8 Å². The maximum atomic E-state index is 10.5. The van der Waals surface area contributed by atoms with Crippen molar-refractivity contribution >= 4 is 17.2 Å². The lowest BCUT2D eigenvalue weighted by molar-refractivity contribution is 0.127. The molecule has 1 aliphatic heterocycles. The molecule has 1 unspecified atom stereocenters. The van der Waals surface area contributed by atoms with Crippen LogP contribution in [-0.2, 0) is 11.1 Å². The maximum absolute atomic E-state index is 10.5. The lowest BCUT2D eigenvalue weighted by Gasteiger charge is -2.30. The van der Waals surface area contributed by atoms with Gasteiger partial charge in [-0.3, -0.25) is 4.21 Å². The van der Waals surface area contributed by atoms with E-state index in [0.29, 0.717) is 25.9 Å². The predicted octanol–water partition coefficient (Wildman–Crippen LogP) is 0.256. The van der Waals surface area contributed by atoms with Crippen molar-refractivity contribution in [1.29, 1.82) is 0 Å². The van der Waals surface area contributed by atoms with Gasteiger partial charge in [-0.05, 0) is 18.8 Å². The topological polar surface area (TPSA) is 80.7 Å². The van der Waals surface area contributed by atoms with Crippen LogP contribution in [0.4, 0.5) is 4.79 Å². The molecule has 1 amide bonds. The summed E-state index contributed by atoms with van der Waals surface area (Å²) in [6, 6.07) is 0. The van der Waals surface area contributed by atoms with Crippen LogP contribution < -0.4 is 0 Å². The van der Waals surface area contributed by atoms with Crippen LogP contribution in [0.2, 0.25) is 0 Å². The Balaban J connectivity index is 2.30. The van der Waals surface area contributed by atoms with Crippen LogP contribution in [0, 0.1) is 5.92 Å². The van der Waals surface area contributed by atoms with Crippen LogP contribution in [0.1, 0.15) is 12.8 Å². The fourth-order valence-corrected chi connectivity index (χ4v) is 2.20. The van der Waals surface area contributed by atoms with E-state index in [4.69, 9.17) is 5.11 Å². The summed E-state index contributed by atoms with van der Waals surface area (Å²) < 4.78 is 20.7. The van der Waals surface area contributed by atoms with E-state index in [1.54, 1.807) is 0 Å². The molecule has 1 saturated heterocycles. The van der Waals surface area contributed by atoms with Crippen molar-refractivity contribution in [3.63, 3.8) is 0 Å². The molecule has 0 aliphatic carbocycles. The van der Waals surface area contributed by atoms with E-state index >= 15 is 0 Å². The molecule has 76 valence electrons. The van der Waals surface area contributed by atoms with Gasteiger partial charge in [0.25, 0.3) is 0 Å². The van der Waals surface area contributed by atoms with E-state index in [9.17, 15) is 13.6 Å². The highest BCUT2D eigenvalue weighted by molar-refractivity contribution is 7.79. The third-order valence-corrected chi connectivity index (χ3v) is 3.00. The number of carboxylic acid groups (broad SMARTS) is 1. The zero-order valence-electron chi connectivity index (χ0n) is 7.14. The molecule has 13 heavy (non-hydrogen) atoms.